The van der Waals surface area contributed by atoms with Crippen LogP contribution >= 0.6 is 12.6 Å². The lowest BCUT2D eigenvalue weighted by Crippen LogP contribution is -2.38. The van der Waals surface area contributed by atoms with Crippen molar-refractivity contribution in [2.24, 2.45) is 0 Å². The Morgan fingerprint density at radius 3 is 2.54 bits per heavy atom. The van der Waals surface area contributed by atoms with Gasteiger partial charge in [-0.2, -0.15) is 12.6 Å². The van der Waals surface area contributed by atoms with Crippen molar-refractivity contribution in [3.05, 3.63) is 12.7 Å². The van der Waals surface area contributed by atoms with Crippen molar-refractivity contribution in [3.63, 3.8) is 0 Å². The van der Waals surface area contributed by atoms with Gasteiger partial charge in [0.1, 0.15) is 5.60 Å². The number of carbonyl (C=O) groups excluding carboxylic acids is 1. The number of ether oxygens (including phenoxy) is 1. The third kappa shape index (κ3) is 6.51. The average Bonchev–Trinajstić information content (AvgIpc) is 1.96. The lowest BCUT2D eigenvalue weighted by molar-refractivity contribution is 0.0519. The molecule has 13 heavy (non-hydrogen) atoms. The van der Waals surface area contributed by atoms with E-state index in [9.17, 15) is 4.79 Å². The minimum Gasteiger partial charge on any atom is -0.444 e. The van der Waals surface area contributed by atoms with E-state index in [2.05, 4.69) is 24.5 Å². The number of amides is 1. The van der Waals surface area contributed by atoms with Gasteiger partial charge < -0.3 is 10.1 Å². The smallest absolute Gasteiger partial charge is 0.408 e. The Morgan fingerprint density at radius 2 is 2.23 bits per heavy atom. The second-order valence-electron chi connectivity index (χ2n) is 3.67. The second kappa shape index (κ2) is 5.17. The Morgan fingerprint density at radius 1 is 1.69 bits per heavy atom. The Bertz CT molecular complexity index is 187. The molecular weight excluding hydrogens is 186 g/mol. The van der Waals surface area contributed by atoms with E-state index in [-0.39, 0.29) is 6.04 Å². The van der Waals surface area contributed by atoms with Crippen LogP contribution in [-0.2, 0) is 4.74 Å². The third-order valence-corrected chi connectivity index (χ3v) is 1.58. The summed E-state index contributed by atoms with van der Waals surface area (Å²) >= 11 is 4.04. The van der Waals surface area contributed by atoms with E-state index >= 15 is 0 Å². The number of hydrogen-bond acceptors (Lipinski definition) is 3. The van der Waals surface area contributed by atoms with Crippen molar-refractivity contribution in [2.75, 3.05) is 5.75 Å². The molecule has 1 amide bonds. The van der Waals surface area contributed by atoms with Crippen molar-refractivity contribution in [1.82, 2.24) is 5.32 Å². The van der Waals surface area contributed by atoms with Gasteiger partial charge in [0.15, 0.2) is 0 Å². The van der Waals surface area contributed by atoms with E-state index in [0.29, 0.717) is 5.75 Å². The number of nitrogens with one attached hydrogen (secondary N) is 1. The van der Waals surface area contributed by atoms with Crippen LogP contribution in [0.1, 0.15) is 20.8 Å². The molecule has 0 aliphatic carbocycles. The van der Waals surface area contributed by atoms with Crippen LogP contribution in [0, 0.1) is 0 Å². The van der Waals surface area contributed by atoms with E-state index < -0.39 is 11.7 Å². The molecule has 0 aromatic heterocycles. The summed E-state index contributed by atoms with van der Waals surface area (Å²) in [5.74, 6) is 0.517. The van der Waals surface area contributed by atoms with Crippen LogP contribution in [0.4, 0.5) is 4.79 Å². The van der Waals surface area contributed by atoms with Crippen LogP contribution in [-0.4, -0.2) is 23.5 Å². The fourth-order valence-electron chi connectivity index (χ4n) is 0.638. The summed E-state index contributed by atoms with van der Waals surface area (Å²) < 4.78 is 5.04. The fourth-order valence-corrected chi connectivity index (χ4v) is 0.878. The van der Waals surface area contributed by atoms with Gasteiger partial charge in [-0.1, -0.05) is 6.08 Å². The molecule has 0 saturated carbocycles. The molecule has 0 aliphatic rings. The van der Waals surface area contributed by atoms with Gasteiger partial charge in [-0.25, -0.2) is 4.79 Å². The summed E-state index contributed by atoms with van der Waals surface area (Å²) in [6, 6.07) is -0.141. The lowest BCUT2D eigenvalue weighted by atomic mass is 10.2. The fraction of sp³-hybridized carbons (Fsp3) is 0.667. The highest BCUT2D eigenvalue weighted by Crippen LogP contribution is 2.06. The molecule has 1 atom stereocenters. The molecule has 0 spiro atoms. The first-order chi connectivity index (χ1) is 5.89. The van der Waals surface area contributed by atoms with E-state index in [0.717, 1.165) is 0 Å². The molecule has 0 aromatic rings. The molecule has 0 unspecified atom stereocenters. The number of hydrogen-bond donors (Lipinski definition) is 2. The number of thiol groups is 1. The zero-order valence-corrected chi connectivity index (χ0v) is 9.23. The minimum absolute atomic E-state index is 0.141. The first kappa shape index (κ1) is 12.4. The van der Waals surface area contributed by atoms with Gasteiger partial charge in [-0.15, -0.1) is 6.58 Å². The zero-order valence-electron chi connectivity index (χ0n) is 8.33. The first-order valence-corrected chi connectivity index (χ1v) is 4.75. The van der Waals surface area contributed by atoms with Crippen LogP contribution in [0.5, 0.6) is 0 Å². The molecule has 0 rings (SSSR count). The maximum Gasteiger partial charge on any atom is 0.408 e. The van der Waals surface area contributed by atoms with Gasteiger partial charge >= 0.3 is 6.09 Å². The predicted octanol–water partition coefficient (Wildman–Crippen LogP) is 2.00. The van der Waals surface area contributed by atoms with Gasteiger partial charge in [-0.3, -0.25) is 0 Å². The molecule has 0 bridgehead atoms. The molecule has 1 N–H and O–H groups in total. The highest BCUT2D eigenvalue weighted by atomic mass is 32.1. The van der Waals surface area contributed by atoms with Gasteiger partial charge in [0.2, 0.25) is 0 Å². The Hall–Kier alpha value is -0.640. The van der Waals surface area contributed by atoms with Crippen LogP contribution in [0.15, 0.2) is 12.7 Å². The maximum absolute atomic E-state index is 11.2. The van der Waals surface area contributed by atoms with Crippen molar-refractivity contribution in [1.29, 1.82) is 0 Å². The molecule has 3 nitrogen and oxygen atoms in total. The van der Waals surface area contributed by atoms with E-state index in [4.69, 9.17) is 4.74 Å². The topological polar surface area (TPSA) is 38.3 Å². The highest BCUT2D eigenvalue weighted by molar-refractivity contribution is 7.80. The molecule has 0 aliphatic heterocycles. The molecule has 0 heterocycles. The largest absolute Gasteiger partial charge is 0.444 e. The number of alkyl carbamates (subject to hydrolysis) is 1. The Kier molecular flexibility index (Phi) is 4.91. The summed E-state index contributed by atoms with van der Waals surface area (Å²) in [6.45, 7) is 9.01. The van der Waals surface area contributed by atoms with Crippen LogP contribution < -0.4 is 5.32 Å². The summed E-state index contributed by atoms with van der Waals surface area (Å²) in [6.07, 6.45) is 1.18. The van der Waals surface area contributed by atoms with Gasteiger partial charge in [-0.05, 0) is 20.8 Å². The van der Waals surface area contributed by atoms with Crippen molar-refractivity contribution < 1.29 is 9.53 Å². The van der Waals surface area contributed by atoms with Gasteiger partial charge in [0, 0.05) is 5.75 Å². The summed E-state index contributed by atoms with van der Waals surface area (Å²) in [4.78, 5) is 11.2. The number of rotatable bonds is 3. The van der Waals surface area contributed by atoms with Gasteiger partial charge in [0.05, 0.1) is 6.04 Å². The zero-order chi connectivity index (χ0) is 10.5. The van der Waals surface area contributed by atoms with E-state index in [1.165, 1.54) is 0 Å². The predicted molar refractivity (Wildman–Crippen MR) is 57.2 cm³/mol. The van der Waals surface area contributed by atoms with Crippen molar-refractivity contribution >= 4 is 18.7 Å². The summed E-state index contributed by atoms with van der Waals surface area (Å²) in [5.41, 5.74) is -0.466. The monoisotopic (exact) mass is 203 g/mol. The Labute approximate surface area is 84.9 Å². The highest BCUT2D eigenvalue weighted by Gasteiger charge is 2.17. The Balaban J connectivity index is 3.93. The molecule has 76 valence electrons. The quantitative estimate of drug-likeness (QED) is 0.544. The normalized spacial score (nSPS) is 13.2. The second-order valence-corrected chi connectivity index (χ2v) is 4.04. The average molecular weight is 203 g/mol. The van der Waals surface area contributed by atoms with Crippen LogP contribution in [0.2, 0.25) is 0 Å². The van der Waals surface area contributed by atoms with E-state index in [1.807, 2.05) is 20.8 Å². The summed E-state index contributed by atoms with van der Waals surface area (Å²) in [5, 5.41) is 2.62. The van der Waals surface area contributed by atoms with Crippen molar-refractivity contribution in [3.8, 4) is 0 Å². The van der Waals surface area contributed by atoms with E-state index in [1.54, 1.807) is 6.08 Å². The maximum atomic E-state index is 11.2. The minimum atomic E-state index is -0.466. The lowest BCUT2D eigenvalue weighted by Gasteiger charge is -2.21. The standard InChI is InChI=1S/C9H17NO2S/c1-5-7(6-13)10-8(11)12-9(2,3)4/h5,7,13H,1,6H2,2-4H3,(H,10,11)/t7-/m1/s1. The molecular formula is C9H17NO2S. The summed E-state index contributed by atoms with van der Waals surface area (Å²) in [7, 11) is 0. The number of carbonyl (C=O) groups is 1. The van der Waals surface area contributed by atoms with Crippen molar-refractivity contribution in [2.45, 2.75) is 32.4 Å². The SMILES string of the molecule is C=C[C@H](CS)NC(=O)OC(C)(C)C. The molecule has 0 fully saturated rings. The van der Waals surface area contributed by atoms with Crippen LogP contribution in [0.25, 0.3) is 0 Å². The molecule has 0 aromatic carbocycles. The molecule has 4 heteroatoms. The van der Waals surface area contributed by atoms with Crippen LogP contribution in [0.3, 0.4) is 0 Å². The molecule has 0 saturated heterocycles. The first-order valence-electron chi connectivity index (χ1n) is 4.12. The third-order valence-electron chi connectivity index (χ3n) is 1.18. The molecule has 0 radical (unpaired) electrons. The van der Waals surface area contributed by atoms with Gasteiger partial charge in [0.25, 0.3) is 0 Å².